The van der Waals surface area contributed by atoms with Crippen LogP contribution in [0.15, 0.2) is 0 Å². The molecule has 0 heterocycles. The van der Waals surface area contributed by atoms with E-state index in [4.69, 9.17) is 5.73 Å². The molecule has 0 aliphatic heterocycles. The van der Waals surface area contributed by atoms with Gasteiger partial charge in [0.15, 0.2) is 0 Å². The fraction of sp³-hybridized carbons (Fsp3) is 0.889. The summed E-state index contributed by atoms with van der Waals surface area (Å²) in [6.07, 6.45) is 7.70. The Hall–Kier alpha value is 0.234. The number of hydrogen-bond donors (Lipinski definition) is 1. The molecule has 0 aromatic rings. The van der Waals surface area contributed by atoms with Crippen LogP contribution in [-0.2, 0) is 31.3 Å². The van der Waals surface area contributed by atoms with Crippen LogP contribution in [0.2, 0.25) is 0 Å². The minimum absolute atomic E-state index is 0. The molecule has 1 aliphatic rings. The molecule has 25 heavy (non-hydrogen) atoms. The van der Waals surface area contributed by atoms with Gasteiger partial charge in [0.2, 0.25) is 5.91 Å². The average Bonchev–Trinajstić information content (AvgIpc) is 2.38. The van der Waals surface area contributed by atoms with Crippen LogP contribution in [0.5, 0.6) is 0 Å². The van der Waals surface area contributed by atoms with E-state index in [0.717, 1.165) is 19.3 Å². The average molecular weight is 430 g/mol. The molecular weight excluding hydrogens is 395 g/mol. The number of rotatable bonds is 6. The van der Waals surface area contributed by atoms with Crippen LogP contribution >= 0.6 is 0 Å². The van der Waals surface area contributed by atoms with Gasteiger partial charge in [-0.3, -0.25) is 4.79 Å². The van der Waals surface area contributed by atoms with Crippen LogP contribution < -0.4 is 30.1 Å². The Morgan fingerprint density at radius 2 is 1.60 bits per heavy atom. The third kappa shape index (κ3) is 16.2. The first-order chi connectivity index (χ1) is 10.3. The van der Waals surface area contributed by atoms with Crippen LogP contribution in [0, 0.1) is 11.3 Å². The van der Waals surface area contributed by atoms with E-state index in [1.165, 1.54) is 19.3 Å². The molecule has 2 N–H and O–H groups in total. The molecule has 2 amide bonds. The topological polar surface area (TPSA) is 70.0 Å². The smallest absolute Gasteiger partial charge is 1.00 e. The summed E-state index contributed by atoms with van der Waals surface area (Å²) in [5.74, 6) is 0.468. The van der Waals surface area contributed by atoms with Gasteiger partial charge in [-0.15, -0.1) is 0 Å². The summed E-state index contributed by atoms with van der Waals surface area (Å²) in [7, 11) is 0. The first-order valence-corrected chi connectivity index (χ1v) is 8.79. The molecule has 0 spiro atoms. The third-order valence-corrected chi connectivity index (χ3v) is 4.36. The van der Waals surface area contributed by atoms with Crippen molar-refractivity contribution in [2.24, 2.45) is 11.3 Å². The fourth-order valence-electron chi connectivity index (χ4n) is 3.03. The van der Waals surface area contributed by atoms with E-state index in [2.05, 4.69) is 33.0 Å². The molecule has 0 bridgehead atoms. The molecule has 1 radical (unpaired) electrons. The normalized spacial score (nSPS) is 20.4. The Morgan fingerprint density at radius 1 is 1.08 bits per heavy atom. The van der Waals surface area contributed by atoms with Crippen molar-refractivity contribution in [2.75, 3.05) is 0 Å². The maximum absolute atomic E-state index is 11.7. The van der Waals surface area contributed by atoms with Crippen molar-refractivity contribution in [1.29, 1.82) is 0 Å². The van der Waals surface area contributed by atoms with Gasteiger partial charge in [-0.25, -0.2) is 0 Å². The Bertz CT molecular complexity index is 356. The largest absolute Gasteiger partial charge is 3.00 e. The van der Waals surface area contributed by atoms with Crippen molar-refractivity contribution in [1.82, 2.24) is 5.32 Å². The van der Waals surface area contributed by atoms with Gasteiger partial charge in [0.05, 0.1) is 0 Å². The Labute approximate surface area is 181 Å². The Balaban J connectivity index is -0.000000214. The minimum Gasteiger partial charge on any atom is -1.00 e. The predicted octanol–water partition coefficient (Wildman–Crippen LogP) is -1.12. The van der Waals surface area contributed by atoms with E-state index in [-0.39, 0.29) is 52.4 Å². The van der Waals surface area contributed by atoms with E-state index in [9.17, 15) is 9.59 Å². The van der Waals surface area contributed by atoms with Gasteiger partial charge in [-0.05, 0) is 43.4 Å². The number of nitrogens with one attached hydrogen (secondary N) is 2. The van der Waals surface area contributed by atoms with Crippen molar-refractivity contribution in [2.45, 2.75) is 92.0 Å². The summed E-state index contributed by atoms with van der Waals surface area (Å²) < 4.78 is 0. The second-order valence-electron chi connectivity index (χ2n) is 7.17. The van der Waals surface area contributed by atoms with Crippen LogP contribution in [0.4, 0.5) is 0 Å². The molecule has 1 rings (SSSR count). The van der Waals surface area contributed by atoms with E-state index in [1.54, 1.807) is 0 Å². The number of amides is 2. The van der Waals surface area contributed by atoms with Gasteiger partial charge in [0.25, 0.3) is 0 Å². The van der Waals surface area contributed by atoms with Crippen LogP contribution in [0.1, 0.15) is 86.0 Å². The first kappa shape index (κ1) is 32.9. The molecule has 2 unspecified atom stereocenters. The van der Waals surface area contributed by atoms with E-state index in [1.807, 2.05) is 6.92 Å². The summed E-state index contributed by atoms with van der Waals surface area (Å²) in [6.45, 7) is 10.8. The summed E-state index contributed by atoms with van der Waals surface area (Å²) in [6, 6.07) is 0.410. The number of carbonyl (C=O) groups is 2. The van der Waals surface area contributed by atoms with Crippen molar-refractivity contribution >= 4 is 11.8 Å². The SMILES string of the molecule is CCCC(=O)NC1CC(C)(C)CCC1CC.CCCC([NH-])=O.[Cl-].[Cl-].[Ti+3]. The maximum atomic E-state index is 11.7. The third-order valence-electron chi connectivity index (χ3n) is 4.36. The number of halogens is 2. The van der Waals surface area contributed by atoms with Gasteiger partial charge >= 0.3 is 21.7 Å². The van der Waals surface area contributed by atoms with Gasteiger partial charge < -0.3 is 40.7 Å². The quantitative estimate of drug-likeness (QED) is 0.543. The standard InChI is InChI=1S/C14H27NO.C4H9NO.2ClH.Ti/c1-5-7-13(16)15-12-10-14(3,4)9-8-11(12)6-2;1-2-3-4(5)6;;;/h11-12H,5-10H2,1-4H3,(H,15,16);2-3H2,1H3,(H2,5,6);2*1H;/q;;;;+3/p-3. The maximum Gasteiger partial charge on any atom is 3.00 e. The zero-order chi connectivity index (χ0) is 17.2. The molecule has 4 nitrogen and oxygen atoms in total. The van der Waals surface area contributed by atoms with Gasteiger partial charge in [0, 0.05) is 18.4 Å². The summed E-state index contributed by atoms with van der Waals surface area (Å²) >= 11 is 0. The second-order valence-corrected chi connectivity index (χ2v) is 7.17. The summed E-state index contributed by atoms with van der Waals surface area (Å²) in [5, 5.41) is 3.24. The molecule has 0 aromatic heterocycles. The molecule has 1 saturated carbocycles. The number of carbonyl (C=O) groups excluding carboxylic acids is 2. The van der Waals surface area contributed by atoms with E-state index >= 15 is 0 Å². The van der Waals surface area contributed by atoms with Crippen LogP contribution in [-0.4, -0.2) is 17.9 Å². The fourth-order valence-corrected chi connectivity index (χ4v) is 3.03. The Kier molecular flexibility index (Phi) is 23.2. The summed E-state index contributed by atoms with van der Waals surface area (Å²) in [4.78, 5) is 21.4. The zero-order valence-electron chi connectivity index (χ0n) is 16.4. The van der Waals surface area contributed by atoms with Crippen molar-refractivity contribution in [3.8, 4) is 0 Å². The van der Waals surface area contributed by atoms with E-state index in [0.29, 0.717) is 30.2 Å². The Morgan fingerprint density at radius 3 is 1.96 bits per heavy atom. The molecule has 0 aromatic carbocycles. The molecule has 147 valence electrons. The molecular formula is C18H35Cl2N2O2Ti. The van der Waals surface area contributed by atoms with E-state index < -0.39 is 5.91 Å². The van der Waals surface area contributed by atoms with Crippen molar-refractivity contribution < 1.29 is 56.1 Å². The second kappa shape index (κ2) is 17.6. The van der Waals surface area contributed by atoms with Gasteiger partial charge in [0.1, 0.15) is 0 Å². The predicted molar refractivity (Wildman–Crippen MR) is 92.5 cm³/mol. The van der Waals surface area contributed by atoms with Crippen molar-refractivity contribution in [3.05, 3.63) is 5.73 Å². The molecule has 0 saturated heterocycles. The molecule has 1 aliphatic carbocycles. The molecule has 1 fully saturated rings. The molecule has 2 atom stereocenters. The zero-order valence-corrected chi connectivity index (χ0v) is 19.5. The van der Waals surface area contributed by atoms with Gasteiger partial charge in [-0.2, -0.15) is 0 Å². The van der Waals surface area contributed by atoms with Gasteiger partial charge in [-0.1, -0.05) is 47.5 Å². The number of hydrogen-bond acceptors (Lipinski definition) is 2. The first-order valence-electron chi connectivity index (χ1n) is 8.79. The summed E-state index contributed by atoms with van der Waals surface area (Å²) in [5.41, 5.74) is 6.74. The molecule has 7 heteroatoms. The van der Waals surface area contributed by atoms with Crippen molar-refractivity contribution in [3.63, 3.8) is 0 Å². The minimum atomic E-state index is -0.461. The monoisotopic (exact) mass is 429 g/mol. The van der Waals surface area contributed by atoms with Crippen LogP contribution in [0.3, 0.4) is 0 Å². The van der Waals surface area contributed by atoms with Crippen LogP contribution in [0.25, 0.3) is 5.73 Å².